The highest BCUT2D eigenvalue weighted by atomic mass is 16.5. The van der Waals surface area contributed by atoms with Gasteiger partial charge in [-0.2, -0.15) is 0 Å². The van der Waals surface area contributed by atoms with Crippen LogP contribution < -0.4 is 5.32 Å². The Bertz CT molecular complexity index is 503. The van der Waals surface area contributed by atoms with E-state index < -0.39 is 11.9 Å². The molecule has 1 saturated heterocycles. The highest BCUT2D eigenvalue weighted by molar-refractivity contribution is 5.90. The molecule has 2 heterocycles. The fourth-order valence-electron chi connectivity index (χ4n) is 2.06. The van der Waals surface area contributed by atoms with Gasteiger partial charge >= 0.3 is 12.0 Å². The van der Waals surface area contributed by atoms with Gasteiger partial charge in [0, 0.05) is 13.0 Å². The first-order valence-electron chi connectivity index (χ1n) is 6.08. The molecule has 0 bridgehead atoms. The summed E-state index contributed by atoms with van der Waals surface area (Å²) in [6.45, 7) is 2.08. The first kappa shape index (κ1) is 14.4. The van der Waals surface area contributed by atoms with Gasteiger partial charge in [-0.05, 0) is 7.05 Å². The number of hydrogen-bond donors (Lipinski definition) is 2. The number of carboxylic acid groups (broad SMARTS) is 1. The Labute approximate surface area is 114 Å². The zero-order valence-electron chi connectivity index (χ0n) is 11.2. The predicted octanol–water partition coefficient (Wildman–Crippen LogP) is -0.652. The molecule has 1 aromatic rings. The van der Waals surface area contributed by atoms with Crippen LogP contribution >= 0.6 is 0 Å². The third-order valence-corrected chi connectivity index (χ3v) is 3.10. The number of anilines is 1. The third-order valence-electron chi connectivity index (χ3n) is 3.10. The Morgan fingerprint density at radius 1 is 1.45 bits per heavy atom. The molecule has 0 aliphatic carbocycles. The van der Waals surface area contributed by atoms with Crippen LogP contribution in [0.25, 0.3) is 0 Å². The average Bonchev–Trinajstić information content (AvgIpc) is 2.97. The molecule has 1 aliphatic heterocycles. The summed E-state index contributed by atoms with van der Waals surface area (Å²) in [6.07, 6.45) is 0. The van der Waals surface area contributed by atoms with Crippen molar-refractivity contribution in [3.8, 4) is 0 Å². The molecular weight excluding hydrogens is 268 g/mol. The summed E-state index contributed by atoms with van der Waals surface area (Å²) in [4.78, 5) is 24.5. The molecule has 2 unspecified atom stereocenters. The zero-order valence-corrected chi connectivity index (χ0v) is 11.2. The molecular formula is C11H16N4O5. The number of hydrogen-bond acceptors (Lipinski definition) is 7. The average molecular weight is 284 g/mol. The number of aryl methyl sites for hydroxylation is 1. The van der Waals surface area contributed by atoms with Crippen molar-refractivity contribution in [2.45, 2.75) is 13.0 Å². The summed E-state index contributed by atoms with van der Waals surface area (Å²) in [5.74, 6) is -1.55. The minimum absolute atomic E-state index is 0.0131. The van der Waals surface area contributed by atoms with Gasteiger partial charge in [0.15, 0.2) is 0 Å². The summed E-state index contributed by atoms with van der Waals surface area (Å²) in [6, 6.07) is -0.305. The van der Waals surface area contributed by atoms with Crippen molar-refractivity contribution in [2.24, 2.45) is 5.92 Å². The summed E-state index contributed by atoms with van der Waals surface area (Å²) in [5, 5.41) is 18.8. The van der Waals surface area contributed by atoms with Crippen LogP contribution in [0.5, 0.6) is 0 Å². The van der Waals surface area contributed by atoms with Gasteiger partial charge in [0.1, 0.15) is 0 Å². The Balaban J connectivity index is 1.88. The van der Waals surface area contributed by atoms with E-state index in [1.807, 2.05) is 0 Å². The number of aliphatic carboxylic acids is 1. The highest BCUT2D eigenvalue weighted by Crippen LogP contribution is 2.18. The van der Waals surface area contributed by atoms with Crippen molar-refractivity contribution in [1.29, 1.82) is 0 Å². The molecule has 0 saturated carbocycles. The van der Waals surface area contributed by atoms with Gasteiger partial charge < -0.3 is 14.3 Å². The normalized spacial score (nSPS) is 22.1. The van der Waals surface area contributed by atoms with Gasteiger partial charge in [-0.25, -0.2) is 0 Å². The van der Waals surface area contributed by atoms with Crippen molar-refractivity contribution in [3.63, 3.8) is 0 Å². The van der Waals surface area contributed by atoms with Crippen LogP contribution in [0.3, 0.4) is 0 Å². The molecule has 9 nitrogen and oxygen atoms in total. The summed E-state index contributed by atoms with van der Waals surface area (Å²) in [5.41, 5.74) is 0. The number of amides is 1. The second-order valence-electron chi connectivity index (χ2n) is 4.64. The molecule has 1 amide bonds. The first-order valence-corrected chi connectivity index (χ1v) is 6.08. The standard InChI is InChI=1S/C11H16N4O5/c1-6-13-14-11(20-6)12-9(16)3-15(2)8-5-19-4-7(8)10(17)18/h7-8H,3-5H2,1-2H3,(H,17,18)(H,12,14,16). The van der Waals surface area contributed by atoms with E-state index in [0.717, 1.165) is 0 Å². The lowest BCUT2D eigenvalue weighted by molar-refractivity contribution is -0.143. The number of aromatic nitrogens is 2. The van der Waals surface area contributed by atoms with Gasteiger partial charge in [0.25, 0.3) is 0 Å². The van der Waals surface area contributed by atoms with Crippen LogP contribution in [-0.2, 0) is 14.3 Å². The molecule has 0 spiro atoms. The maximum Gasteiger partial charge on any atom is 0.322 e. The molecule has 20 heavy (non-hydrogen) atoms. The first-order chi connectivity index (χ1) is 9.47. The lowest BCUT2D eigenvalue weighted by Crippen LogP contribution is -2.44. The maximum absolute atomic E-state index is 11.8. The quantitative estimate of drug-likeness (QED) is 0.732. The molecule has 1 aromatic heterocycles. The number of carbonyl (C=O) groups is 2. The van der Waals surface area contributed by atoms with Crippen molar-refractivity contribution < 1.29 is 23.8 Å². The molecule has 9 heteroatoms. The topological polar surface area (TPSA) is 118 Å². The van der Waals surface area contributed by atoms with E-state index in [1.54, 1.807) is 18.9 Å². The molecule has 110 valence electrons. The van der Waals surface area contributed by atoms with Gasteiger partial charge in [-0.15, -0.1) is 5.10 Å². The Kier molecular flexibility index (Phi) is 4.30. The van der Waals surface area contributed by atoms with E-state index >= 15 is 0 Å². The summed E-state index contributed by atoms with van der Waals surface area (Å²) >= 11 is 0. The number of carboxylic acids is 1. The summed E-state index contributed by atoms with van der Waals surface area (Å²) in [7, 11) is 1.67. The van der Waals surface area contributed by atoms with Gasteiger partial charge in [0.05, 0.1) is 25.7 Å². The number of rotatable bonds is 5. The van der Waals surface area contributed by atoms with Crippen molar-refractivity contribution in [2.75, 3.05) is 32.1 Å². The van der Waals surface area contributed by atoms with Crippen LogP contribution in [0.4, 0.5) is 6.01 Å². The van der Waals surface area contributed by atoms with Crippen LogP contribution in [0.15, 0.2) is 4.42 Å². The Morgan fingerprint density at radius 3 is 2.80 bits per heavy atom. The minimum atomic E-state index is -0.924. The molecule has 1 aliphatic rings. The fourth-order valence-corrected chi connectivity index (χ4v) is 2.06. The van der Waals surface area contributed by atoms with Crippen molar-refractivity contribution in [1.82, 2.24) is 15.1 Å². The highest BCUT2D eigenvalue weighted by Gasteiger charge is 2.37. The molecule has 2 rings (SSSR count). The van der Waals surface area contributed by atoms with Gasteiger partial charge in [-0.3, -0.25) is 19.8 Å². The Morgan fingerprint density at radius 2 is 2.20 bits per heavy atom. The van der Waals surface area contributed by atoms with E-state index in [1.165, 1.54) is 0 Å². The zero-order chi connectivity index (χ0) is 14.7. The van der Waals surface area contributed by atoms with Crippen LogP contribution in [0.2, 0.25) is 0 Å². The number of carbonyl (C=O) groups excluding carboxylic acids is 1. The van der Waals surface area contributed by atoms with E-state index in [2.05, 4.69) is 15.5 Å². The SMILES string of the molecule is Cc1nnc(NC(=O)CN(C)C2COCC2C(=O)O)o1. The summed E-state index contributed by atoms with van der Waals surface area (Å²) < 4.78 is 10.2. The number of nitrogens with one attached hydrogen (secondary N) is 1. The van der Waals surface area contributed by atoms with E-state index in [9.17, 15) is 9.59 Å². The monoisotopic (exact) mass is 284 g/mol. The number of nitrogens with zero attached hydrogens (tertiary/aromatic N) is 3. The smallest absolute Gasteiger partial charge is 0.322 e. The molecule has 0 radical (unpaired) electrons. The van der Waals surface area contributed by atoms with Crippen LogP contribution in [0.1, 0.15) is 5.89 Å². The molecule has 1 fully saturated rings. The van der Waals surface area contributed by atoms with E-state index in [0.29, 0.717) is 12.5 Å². The molecule has 0 aromatic carbocycles. The van der Waals surface area contributed by atoms with Crippen molar-refractivity contribution in [3.05, 3.63) is 5.89 Å². The number of likely N-dealkylation sites (N-methyl/N-ethyl adjacent to an activating group) is 1. The minimum Gasteiger partial charge on any atom is -0.481 e. The van der Waals surface area contributed by atoms with Crippen LogP contribution in [0, 0.1) is 12.8 Å². The van der Waals surface area contributed by atoms with E-state index in [4.69, 9.17) is 14.3 Å². The van der Waals surface area contributed by atoms with E-state index in [-0.39, 0.29) is 31.1 Å². The second kappa shape index (κ2) is 5.97. The maximum atomic E-state index is 11.8. The Hall–Kier alpha value is -2.00. The van der Waals surface area contributed by atoms with Crippen LogP contribution in [-0.4, -0.2) is 64.9 Å². The van der Waals surface area contributed by atoms with Gasteiger partial charge in [0.2, 0.25) is 11.8 Å². The largest absolute Gasteiger partial charge is 0.481 e. The lowest BCUT2D eigenvalue weighted by atomic mass is 10.0. The number of ether oxygens (including phenoxy) is 1. The molecule has 2 atom stereocenters. The second-order valence-corrected chi connectivity index (χ2v) is 4.64. The third kappa shape index (κ3) is 3.31. The van der Waals surface area contributed by atoms with Crippen molar-refractivity contribution >= 4 is 17.9 Å². The van der Waals surface area contributed by atoms with Gasteiger partial charge in [-0.1, -0.05) is 5.10 Å². The fraction of sp³-hybridized carbons (Fsp3) is 0.636. The lowest BCUT2D eigenvalue weighted by Gasteiger charge is -2.25. The predicted molar refractivity (Wildman–Crippen MR) is 66.0 cm³/mol. The molecule has 2 N–H and O–H groups in total.